The van der Waals surface area contributed by atoms with Gasteiger partial charge in [0.1, 0.15) is 0 Å². The summed E-state index contributed by atoms with van der Waals surface area (Å²) in [5, 5.41) is 0. The molecule has 0 heterocycles. The minimum absolute atomic E-state index is 1.47. The molecule has 0 saturated heterocycles. The fourth-order valence-corrected chi connectivity index (χ4v) is 1.06. The van der Waals surface area contributed by atoms with Crippen molar-refractivity contribution in [2.75, 3.05) is 0 Å². The fraction of sp³-hybridized carbons (Fsp3) is 0.667. The molecule has 0 bridgehead atoms. The highest BCUT2D eigenvalue weighted by Gasteiger charge is 2.83. The Morgan fingerprint density at radius 2 is 1.07 bits per heavy atom. The van der Waals surface area contributed by atoms with Gasteiger partial charge in [-0.25, -0.2) is 4.74 Å². The quantitative estimate of drug-likeness (QED) is 0.300. The second-order valence-electron chi connectivity index (χ2n) is 4.10. The highest BCUT2D eigenvalue weighted by molar-refractivity contribution is 5.77. The van der Waals surface area contributed by atoms with Crippen molar-refractivity contribution in [2.24, 2.45) is 0 Å². The van der Waals surface area contributed by atoms with Crippen molar-refractivity contribution in [1.82, 2.24) is 0 Å². The van der Waals surface area contributed by atoms with Crippen LogP contribution in [0.15, 0.2) is 12.6 Å². The highest BCUT2D eigenvalue weighted by Crippen LogP contribution is 2.53. The third-order valence-electron chi connectivity index (χ3n) is 2.11. The van der Waals surface area contributed by atoms with Crippen LogP contribution >= 0.6 is 0 Å². The van der Waals surface area contributed by atoms with Crippen molar-refractivity contribution in [1.29, 1.82) is 0 Å². The average molecular weight is 440 g/mol. The first-order valence-corrected chi connectivity index (χ1v) is 5.43. The molecule has 0 amide bonds. The molecule has 0 radical (unpaired) electrons. The number of hydrogen-bond acceptors (Lipinski definition) is 4. The molecule has 0 aliphatic carbocycles. The highest BCUT2D eigenvalue weighted by atomic mass is 19.4. The molecule has 0 spiro atoms. The molecule has 27 heavy (non-hydrogen) atoms. The Labute approximate surface area is 137 Å². The van der Waals surface area contributed by atoms with Crippen LogP contribution in [0.1, 0.15) is 0 Å². The minimum atomic E-state index is -7.42. The maximum absolute atomic E-state index is 13.8. The predicted octanol–water partition coefficient (Wildman–Crippen LogP) is 4.57. The molecule has 0 aromatic rings. The molecule has 1 atom stereocenters. The summed E-state index contributed by atoms with van der Waals surface area (Å²) in [6.07, 6.45) is -28.5. The molecule has 0 aromatic carbocycles. The summed E-state index contributed by atoms with van der Waals surface area (Å²) >= 11 is 0. The predicted molar refractivity (Wildman–Crippen MR) is 49.3 cm³/mol. The smallest absolute Gasteiger partial charge is 0.402 e. The van der Waals surface area contributed by atoms with Gasteiger partial charge in [0.2, 0.25) is 0 Å². The van der Waals surface area contributed by atoms with Crippen LogP contribution in [-0.2, 0) is 19.0 Å². The largest absolute Gasteiger partial charge is 0.527 e. The molecule has 0 rings (SSSR count). The summed E-state index contributed by atoms with van der Waals surface area (Å²) in [5.74, 6) is -14.4. The van der Waals surface area contributed by atoms with Crippen LogP contribution in [-0.4, -0.2) is 42.5 Å². The molecule has 0 saturated carbocycles. The molecule has 1 unspecified atom stereocenters. The molecule has 0 fully saturated rings. The first-order chi connectivity index (χ1) is 11.5. The van der Waals surface area contributed by atoms with E-state index in [4.69, 9.17) is 0 Å². The third kappa shape index (κ3) is 5.11. The van der Waals surface area contributed by atoms with E-state index in [1.807, 2.05) is 0 Å². The lowest BCUT2D eigenvalue weighted by Gasteiger charge is -2.38. The second-order valence-corrected chi connectivity index (χ2v) is 4.10. The Balaban J connectivity index is 6.47. The van der Waals surface area contributed by atoms with Gasteiger partial charge in [0, 0.05) is 0 Å². The maximum atomic E-state index is 13.8. The second kappa shape index (κ2) is 6.95. The van der Waals surface area contributed by atoms with Crippen molar-refractivity contribution < 1.29 is 80.5 Å². The van der Waals surface area contributed by atoms with Gasteiger partial charge >= 0.3 is 42.5 Å². The van der Waals surface area contributed by atoms with Crippen LogP contribution in [0.2, 0.25) is 0 Å². The van der Waals surface area contributed by atoms with Gasteiger partial charge in [-0.15, -0.1) is 13.2 Å². The van der Waals surface area contributed by atoms with Crippen LogP contribution in [0.4, 0.5) is 61.5 Å². The zero-order chi connectivity index (χ0) is 22.3. The van der Waals surface area contributed by atoms with Crippen LogP contribution in [0.3, 0.4) is 0 Å². The molecule has 0 N–H and O–H groups in total. The van der Waals surface area contributed by atoms with E-state index in [1.165, 1.54) is 4.74 Å². The molecule has 4 nitrogen and oxygen atoms in total. The number of carbonyl (C=O) groups excluding carboxylic acids is 1. The van der Waals surface area contributed by atoms with E-state index in [9.17, 15) is 66.3 Å². The average Bonchev–Trinajstić information content (AvgIpc) is 2.32. The molecular weight excluding hydrogens is 438 g/mol. The normalized spacial score (nSPS) is 16.7. The van der Waals surface area contributed by atoms with Crippen molar-refractivity contribution in [2.45, 2.75) is 36.5 Å². The molecular formula is C9H2F14O4. The third-order valence-corrected chi connectivity index (χ3v) is 2.11. The van der Waals surface area contributed by atoms with E-state index in [0.29, 0.717) is 0 Å². The first-order valence-electron chi connectivity index (χ1n) is 5.43. The maximum Gasteiger partial charge on any atom is 0.527 e. The van der Waals surface area contributed by atoms with E-state index in [-0.39, 0.29) is 0 Å². The van der Waals surface area contributed by atoms with Crippen LogP contribution in [0, 0.1) is 0 Å². The lowest BCUT2D eigenvalue weighted by Crippen LogP contribution is -2.66. The van der Waals surface area contributed by atoms with E-state index in [0.717, 1.165) is 0 Å². The summed E-state index contributed by atoms with van der Waals surface area (Å²) in [7, 11) is 0. The molecule has 160 valence electrons. The van der Waals surface area contributed by atoms with Gasteiger partial charge in [0.25, 0.3) is 6.01 Å². The lowest BCUT2D eigenvalue weighted by atomic mass is 10.2. The lowest BCUT2D eigenvalue weighted by molar-refractivity contribution is -0.557. The number of hydrogen-bond donors (Lipinski definition) is 0. The standard InChI is InChI=1S/C9H2F14O4/c1-2(10)25-7(17,18)5(14,8(19,20)27-9(21,22)23)26-6(15,16)4(12,13)3(11)24/h1H2. The summed E-state index contributed by atoms with van der Waals surface area (Å²) in [4.78, 5) is 9.71. The van der Waals surface area contributed by atoms with E-state index in [1.54, 1.807) is 11.3 Å². The molecule has 0 aliphatic heterocycles. The number of halogens is 14. The Bertz CT molecular complexity index is 584. The van der Waals surface area contributed by atoms with E-state index in [2.05, 4.69) is 4.74 Å². The summed E-state index contributed by atoms with van der Waals surface area (Å²) in [6.45, 7) is 1.74. The Morgan fingerprint density at radius 1 is 0.667 bits per heavy atom. The van der Waals surface area contributed by atoms with Gasteiger partial charge in [-0.2, -0.15) is 48.3 Å². The molecule has 18 heteroatoms. The zero-order valence-electron chi connectivity index (χ0n) is 11.6. The number of alkyl halides is 12. The molecule has 0 aliphatic rings. The van der Waals surface area contributed by atoms with Crippen molar-refractivity contribution >= 4 is 6.04 Å². The van der Waals surface area contributed by atoms with Crippen molar-refractivity contribution in [3.63, 3.8) is 0 Å². The van der Waals surface area contributed by atoms with Gasteiger partial charge in [-0.1, -0.05) is 0 Å². The number of ether oxygens (including phenoxy) is 3. The van der Waals surface area contributed by atoms with Gasteiger partial charge in [-0.3, -0.25) is 9.53 Å². The Morgan fingerprint density at radius 3 is 1.37 bits per heavy atom. The van der Waals surface area contributed by atoms with Crippen molar-refractivity contribution in [3.05, 3.63) is 12.6 Å². The SMILES string of the molecule is C=C(F)OC(F)(F)C(F)(OC(F)(F)C(F)(F)C(=O)F)C(F)(F)OC(F)(F)F. The first kappa shape index (κ1) is 25.1. The topological polar surface area (TPSA) is 44.8 Å². The van der Waals surface area contributed by atoms with Crippen LogP contribution in [0.5, 0.6) is 0 Å². The van der Waals surface area contributed by atoms with Gasteiger partial charge in [-0.05, 0) is 6.58 Å². The van der Waals surface area contributed by atoms with Crippen LogP contribution in [0.25, 0.3) is 0 Å². The van der Waals surface area contributed by atoms with Gasteiger partial charge < -0.3 is 4.74 Å². The van der Waals surface area contributed by atoms with Crippen LogP contribution < -0.4 is 0 Å². The van der Waals surface area contributed by atoms with Gasteiger partial charge in [0.15, 0.2) is 0 Å². The van der Waals surface area contributed by atoms with E-state index >= 15 is 0 Å². The summed E-state index contributed by atoms with van der Waals surface area (Å²) < 4.78 is 182. The van der Waals surface area contributed by atoms with Crippen molar-refractivity contribution in [3.8, 4) is 0 Å². The summed E-state index contributed by atoms with van der Waals surface area (Å²) in [6, 6.07) is -7.47. The minimum Gasteiger partial charge on any atom is -0.402 e. The summed E-state index contributed by atoms with van der Waals surface area (Å²) in [5.41, 5.74) is 0. The zero-order valence-corrected chi connectivity index (χ0v) is 11.6. The Hall–Kier alpha value is -1.85. The fourth-order valence-electron chi connectivity index (χ4n) is 1.06. The molecule has 0 aromatic heterocycles. The number of carbonyl (C=O) groups is 1. The monoisotopic (exact) mass is 440 g/mol. The van der Waals surface area contributed by atoms with Gasteiger partial charge in [0.05, 0.1) is 0 Å². The van der Waals surface area contributed by atoms with E-state index < -0.39 is 48.5 Å². The number of rotatable bonds is 9. The Kier molecular flexibility index (Phi) is 6.47.